The number of halogens is 4. The lowest BCUT2D eigenvalue weighted by Gasteiger charge is -2.38. The van der Waals surface area contributed by atoms with Crippen LogP contribution in [0, 0.1) is 0 Å². The molecule has 0 radical (unpaired) electrons. The van der Waals surface area contributed by atoms with Gasteiger partial charge in [0.25, 0.3) is 0 Å². The number of rotatable bonds is 0. The van der Waals surface area contributed by atoms with E-state index in [1.807, 2.05) is 0 Å². The van der Waals surface area contributed by atoms with Gasteiger partial charge in [0.1, 0.15) is 0 Å². The van der Waals surface area contributed by atoms with E-state index in [4.69, 9.17) is 0 Å². The maximum absolute atomic E-state index is 12.7. The molecule has 6 heteroatoms. The van der Waals surface area contributed by atoms with Crippen LogP contribution in [0.5, 0.6) is 0 Å². The number of nitrogens with one attached hydrogen (secondary N) is 1. The predicted octanol–water partition coefficient (Wildman–Crippen LogP) is 2.85. The van der Waals surface area contributed by atoms with Crippen molar-refractivity contribution in [3.05, 3.63) is 29.3 Å². The van der Waals surface area contributed by atoms with E-state index in [0.29, 0.717) is 6.04 Å². The van der Waals surface area contributed by atoms with Crippen molar-refractivity contribution in [1.29, 1.82) is 0 Å². The minimum atomic E-state index is -4.26. The molecule has 2 aliphatic heterocycles. The van der Waals surface area contributed by atoms with Crippen LogP contribution in [0.3, 0.4) is 0 Å². The van der Waals surface area contributed by atoms with Gasteiger partial charge in [0.05, 0.1) is 5.56 Å². The molecule has 0 amide bonds. The molecular weight excluding hydrogens is 277 g/mol. The first-order valence-electron chi connectivity index (χ1n) is 6.16. The van der Waals surface area contributed by atoms with Gasteiger partial charge in [-0.3, -0.25) is 0 Å². The molecule has 2 nitrogen and oxygen atoms in total. The third-order valence-corrected chi connectivity index (χ3v) is 3.83. The Kier molecular flexibility index (Phi) is 3.71. The van der Waals surface area contributed by atoms with Gasteiger partial charge in [-0.05, 0) is 31.0 Å². The summed E-state index contributed by atoms with van der Waals surface area (Å²) in [4.78, 5) is 2.14. The second-order valence-corrected chi connectivity index (χ2v) is 5.11. The van der Waals surface area contributed by atoms with E-state index in [0.717, 1.165) is 30.8 Å². The van der Waals surface area contributed by atoms with Crippen molar-refractivity contribution < 1.29 is 13.2 Å². The molecule has 0 unspecified atom stereocenters. The van der Waals surface area contributed by atoms with E-state index in [1.54, 1.807) is 6.07 Å². The van der Waals surface area contributed by atoms with Gasteiger partial charge in [0.2, 0.25) is 0 Å². The van der Waals surface area contributed by atoms with Crippen molar-refractivity contribution in [3.63, 3.8) is 0 Å². The monoisotopic (exact) mass is 292 g/mol. The lowest BCUT2D eigenvalue weighted by molar-refractivity contribution is -0.137. The average Bonchev–Trinajstić information content (AvgIpc) is 2.66. The SMILES string of the molecule is C[C@@H]1CNC[C@H]2Cc3ccc(C(F)(F)F)cc3N21.Cl. The van der Waals surface area contributed by atoms with Gasteiger partial charge in [-0.25, -0.2) is 0 Å². The highest BCUT2D eigenvalue weighted by Gasteiger charge is 2.38. The van der Waals surface area contributed by atoms with Gasteiger partial charge < -0.3 is 10.2 Å². The summed E-state index contributed by atoms with van der Waals surface area (Å²) in [5.74, 6) is 0. The molecule has 1 fully saturated rings. The van der Waals surface area contributed by atoms with Crippen LogP contribution in [-0.4, -0.2) is 25.2 Å². The average molecular weight is 293 g/mol. The molecule has 0 aliphatic carbocycles. The highest BCUT2D eigenvalue weighted by Crippen LogP contribution is 2.39. The van der Waals surface area contributed by atoms with E-state index >= 15 is 0 Å². The summed E-state index contributed by atoms with van der Waals surface area (Å²) in [5, 5.41) is 3.32. The first kappa shape index (κ1) is 14.5. The van der Waals surface area contributed by atoms with Crippen LogP contribution in [0.4, 0.5) is 18.9 Å². The molecule has 19 heavy (non-hydrogen) atoms. The number of hydrogen-bond acceptors (Lipinski definition) is 2. The van der Waals surface area contributed by atoms with E-state index in [1.165, 1.54) is 12.1 Å². The normalized spacial score (nSPS) is 25.6. The molecule has 1 aromatic carbocycles. The van der Waals surface area contributed by atoms with Gasteiger partial charge in [-0.2, -0.15) is 13.2 Å². The molecule has 1 saturated heterocycles. The van der Waals surface area contributed by atoms with Crippen LogP contribution in [-0.2, 0) is 12.6 Å². The summed E-state index contributed by atoms with van der Waals surface area (Å²) in [6, 6.07) is 4.66. The van der Waals surface area contributed by atoms with Crippen LogP contribution >= 0.6 is 12.4 Å². The molecule has 2 heterocycles. The Morgan fingerprint density at radius 2 is 2.00 bits per heavy atom. The van der Waals surface area contributed by atoms with E-state index < -0.39 is 11.7 Å². The van der Waals surface area contributed by atoms with Crippen LogP contribution < -0.4 is 10.2 Å². The molecular formula is C13H16ClF3N2. The molecule has 1 aromatic rings. The van der Waals surface area contributed by atoms with E-state index in [2.05, 4.69) is 17.1 Å². The maximum Gasteiger partial charge on any atom is 0.416 e. The molecule has 0 saturated carbocycles. The summed E-state index contributed by atoms with van der Waals surface area (Å²) in [6.07, 6.45) is -3.42. The Hall–Kier alpha value is -0.940. The molecule has 2 atom stereocenters. The van der Waals surface area contributed by atoms with Crippen molar-refractivity contribution in [3.8, 4) is 0 Å². The molecule has 106 valence electrons. The Morgan fingerprint density at radius 3 is 2.68 bits per heavy atom. The Labute approximate surface area is 116 Å². The second kappa shape index (κ2) is 4.87. The number of hydrogen-bond donors (Lipinski definition) is 1. The van der Waals surface area contributed by atoms with Gasteiger partial charge in [-0.15, -0.1) is 12.4 Å². The first-order valence-corrected chi connectivity index (χ1v) is 6.16. The molecule has 1 N–H and O–H groups in total. The lowest BCUT2D eigenvalue weighted by Crippen LogP contribution is -2.54. The van der Waals surface area contributed by atoms with Crippen molar-refractivity contribution in [2.75, 3.05) is 18.0 Å². The third kappa shape index (κ3) is 2.41. The fraction of sp³-hybridized carbons (Fsp3) is 0.538. The number of nitrogens with zero attached hydrogens (tertiary/aromatic N) is 1. The van der Waals surface area contributed by atoms with Gasteiger partial charge in [0, 0.05) is 30.9 Å². The lowest BCUT2D eigenvalue weighted by atomic mass is 10.1. The molecule has 0 aromatic heterocycles. The molecule has 3 rings (SSSR count). The summed E-state index contributed by atoms with van der Waals surface area (Å²) < 4.78 is 38.2. The number of piperazine rings is 1. The standard InChI is InChI=1S/C13H15F3N2.ClH/c1-8-6-17-7-11-4-9-2-3-10(13(14,15)16)5-12(9)18(8)11;/h2-3,5,8,11,17H,4,6-7H2,1H3;1H/t8-,11-;/m1./s1. The van der Waals surface area contributed by atoms with Crippen LogP contribution in [0.1, 0.15) is 18.1 Å². The topological polar surface area (TPSA) is 15.3 Å². The summed E-state index contributed by atoms with van der Waals surface area (Å²) >= 11 is 0. The third-order valence-electron chi connectivity index (χ3n) is 3.83. The minimum Gasteiger partial charge on any atom is -0.363 e. The van der Waals surface area contributed by atoms with Gasteiger partial charge in [-0.1, -0.05) is 6.07 Å². The fourth-order valence-electron chi connectivity index (χ4n) is 3.03. The van der Waals surface area contributed by atoms with Crippen LogP contribution in [0.15, 0.2) is 18.2 Å². The van der Waals surface area contributed by atoms with Gasteiger partial charge >= 0.3 is 6.18 Å². The number of fused-ring (bicyclic) bond motifs is 3. The highest BCUT2D eigenvalue weighted by molar-refractivity contribution is 5.85. The van der Waals surface area contributed by atoms with Crippen molar-refractivity contribution in [2.45, 2.75) is 31.6 Å². The number of alkyl halides is 3. The Bertz CT molecular complexity index is 475. The summed E-state index contributed by atoms with van der Waals surface area (Å²) in [6.45, 7) is 3.72. The Morgan fingerprint density at radius 1 is 1.26 bits per heavy atom. The zero-order chi connectivity index (χ0) is 12.9. The van der Waals surface area contributed by atoms with Crippen LogP contribution in [0.25, 0.3) is 0 Å². The van der Waals surface area contributed by atoms with Crippen molar-refractivity contribution >= 4 is 18.1 Å². The summed E-state index contributed by atoms with van der Waals surface area (Å²) in [7, 11) is 0. The van der Waals surface area contributed by atoms with Crippen LogP contribution in [0.2, 0.25) is 0 Å². The minimum absolute atomic E-state index is 0. The smallest absolute Gasteiger partial charge is 0.363 e. The molecule has 2 aliphatic rings. The summed E-state index contributed by atoms with van der Waals surface area (Å²) in [5.41, 5.74) is 1.25. The predicted molar refractivity (Wildman–Crippen MR) is 71.0 cm³/mol. The largest absolute Gasteiger partial charge is 0.416 e. The fourth-order valence-corrected chi connectivity index (χ4v) is 3.03. The Balaban J connectivity index is 0.00000133. The zero-order valence-corrected chi connectivity index (χ0v) is 11.3. The number of benzene rings is 1. The van der Waals surface area contributed by atoms with Gasteiger partial charge in [0.15, 0.2) is 0 Å². The van der Waals surface area contributed by atoms with Crippen molar-refractivity contribution in [2.24, 2.45) is 0 Å². The maximum atomic E-state index is 12.7. The van der Waals surface area contributed by atoms with Crippen molar-refractivity contribution in [1.82, 2.24) is 5.32 Å². The molecule has 0 bridgehead atoms. The zero-order valence-electron chi connectivity index (χ0n) is 10.5. The van der Waals surface area contributed by atoms with E-state index in [-0.39, 0.29) is 18.4 Å². The highest BCUT2D eigenvalue weighted by atomic mass is 35.5. The second-order valence-electron chi connectivity index (χ2n) is 5.11. The molecule has 0 spiro atoms. The number of anilines is 1. The first-order chi connectivity index (χ1) is 8.47. The van der Waals surface area contributed by atoms with E-state index in [9.17, 15) is 13.2 Å². The quantitative estimate of drug-likeness (QED) is 0.791.